The van der Waals surface area contributed by atoms with E-state index in [-0.39, 0.29) is 6.04 Å². The van der Waals surface area contributed by atoms with Crippen LogP contribution in [0, 0.1) is 6.92 Å². The first-order valence-electron chi connectivity index (χ1n) is 5.12. The highest BCUT2D eigenvalue weighted by molar-refractivity contribution is 9.10. The number of rotatable bonds is 4. The van der Waals surface area contributed by atoms with Crippen molar-refractivity contribution < 1.29 is 8.42 Å². The third-order valence-corrected chi connectivity index (χ3v) is 4.86. The summed E-state index contributed by atoms with van der Waals surface area (Å²) in [4.78, 5) is 4.00. The van der Waals surface area contributed by atoms with Crippen LogP contribution in [0.15, 0.2) is 16.7 Å². The molecule has 0 amide bonds. The molecule has 0 unspecified atom stereocenters. The van der Waals surface area contributed by atoms with Gasteiger partial charge in [-0.1, -0.05) is 0 Å². The number of nitrogens with one attached hydrogen (secondary N) is 1. The van der Waals surface area contributed by atoms with Crippen molar-refractivity contribution in [2.45, 2.75) is 26.8 Å². The molecule has 1 aromatic heterocycles. The first-order valence-corrected chi connectivity index (χ1v) is 7.35. The summed E-state index contributed by atoms with van der Waals surface area (Å²) < 4.78 is 28.3. The number of hydrogen-bond donors (Lipinski definition) is 1. The summed E-state index contributed by atoms with van der Waals surface area (Å²) in [6.07, 6.45) is 1.57. The van der Waals surface area contributed by atoms with Crippen molar-refractivity contribution in [3.63, 3.8) is 0 Å². The monoisotopic (exact) mass is 321 g/mol. The van der Waals surface area contributed by atoms with Crippen molar-refractivity contribution in [3.8, 4) is 0 Å². The minimum absolute atomic E-state index is 0.107. The Bertz CT molecular complexity index is 502. The molecule has 7 heteroatoms. The molecule has 96 valence electrons. The predicted octanol–water partition coefficient (Wildman–Crippen LogP) is 2.15. The van der Waals surface area contributed by atoms with Crippen molar-refractivity contribution in [1.29, 1.82) is 0 Å². The molecule has 0 radical (unpaired) electrons. The van der Waals surface area contributed by atoms with Gasteiger partial charge in [-0.3, -0.25) is 4.72 Å². The van der Waals surface area contributed by atoms with E-state index in [1.54, 1.807) is 26.1 Å². The molecule has 1 rings (SSSR count). The Kier molecular flexibility index (Phi) is 4.51. The number of aromatic nitrogens is 1. The lowest BCUT2D eigenvalue weighted by Gasteiger charge is -2.21. The molecule has 0 saturated heterocycles. The Hall–Kier alpha value is -0.660. The van der Waals surface area contributed by atoms with Gasteiger partial charge in [0, 0.05) is 23.8 Å². The lowest BCUT2D eigenvalue weighted by molar-refractivity contribution is 0.414. The SMILES string of the molecule is Cc1cc(NS(=O)(=O)N(C)C(C)C)ncc1Br. The zero-order valence-corrected chi connectivity index (χ0v) is 12.6. The molecule has 0 saturated carbocycles. The summed E-state index contributed by atoms with van der Waals surface area (Å²) in [5.74, 6) is 0.318. The highest BCUT2D eigenvalue weighted by atomic mass is 79.9. The number of hydrogen-bond acceptors (Lipinski definition) is 3. The molecule has 0 aliphatic rings. The van der Waals surface area contributed by atoms with Crippen LogP contribution in [0.25, 0.3) is 0 Å². The van der Waals surface area contributed by atoms with Gasteiger partial charge in [-0.2, -0.15) is 12.7 Å². The van der Waals surface area contributed by atoms with E-state index in [1.165, 1.54) is 11.4 Å². The van der Waals surface area contributed by atoms with E-state index >= 15 is 0 Å². The van der Waals surface area contributed by atoms with Gasteiger partial charge in [0.25, 0.3) is 0 Å². The highest BCUT2D eigenvalue weighted by Gasteiger charge is 2.20. The molecule has 0 aliphatic heterocycles. The van der Waals surface area contributed by atoms with Gasteiger partial charge in [-0.15, -0.1) is 0 Å². The minimum atomic E-state index is -3.54. The molecule has 1 aromatic rings. The van der Waals surface area contributed by atoms with Gasteiger partial charge in [0.1, 0.15) is 5.82 Å². The van der Waals surface area contributed by atoms with Gasteiger partial charge < -0.3 is 0 Å². The van der Waals surface area contributed by atoms with E-state index in [4.69, 9.17) is 0 Å². The summed E-state index contributed by atoms with van der Waals surface area (Å²) in [7, 11) is -2.01. The van der Waals surface area contributed by atoms with Crippen molar-refractivity contribution >= 4 is 32.0 Å². The van der Waals surface area contributed by atoms with E-state index in [9.17, 15) is 8.42 Å². The van der Waals surface area contributed by atoms with E-state index in [0.29, 0.717) is 5.82 Å². The van der Waals surface area contributed by atoms with E-state index in [1.807, 2.05) is 6.92 Å². The zero-order valence-electron chi connectivity index (χ0n) is 10.2. The third kappa shape index (κ3) is 3.65. The van der Waals surface area contributed by atoms with Crippen LogP contribution in [0.1, 0.15) is 19.4 Å². The Morgan fingerprint density at radius 1 is 1.47 bits per heavy atom. The third-order valence-electron chi connectivity index (χ3n) is 2.39. The van der Waals surface area contributed by atoms with Crippen LogP contribution < -0.4 is 4.72 Å². The smallest absolute Gasteiger partial charge is 0.254 e. The van der Waals surface area contributed by atoms with Crippen LogP contribution in [-0.4, -0.2) is 30.8 Å². The maximum Gasteiger partial charge on any atom is 0.302 e. The van der Waals surface area contributed by atoms with Crippen molar-refractivity contribution in [3.05, 3.63) is 22.3 Å². The standard InChI is InChI=1S/C10H16BrN3O2S/c1-7(2)14(4)17(15,16)13-10-5-8(3)9(11)6-12-10/h5-7H,1-4H3,(H,12,13). The van der Waals surface area contributed by atoms with Crippen molar-refractivity contribution in [2.75, 3.05) is 11.8 Å². The average Bonchev–Trinajstić information content (AvgIpc) is 2.22. The van der Waals surface area contributed by atoms with Gasteiger partial charge in [0.2, 0.25) is 0 Å². The topological polar surface area (TPSA) is 62.3 Å². The maximum atomic E-state index is 11.9. The van der Waals surface area contributed by atoms with Crippen molar-refractivity contribution in [2.24, 2.45) is 0 Å². The molecule has 0 aromatic carbocycles. The first-order chi connectivity index (χ1) is 7.74. The Labute approximate surface area is 111 Å². The molecule has 17 heavy (non-hydrogen) atoms. The van der Waals surface area contributed by atoms with Crippen molar-refractivity contribution in [1.82, 2.24) is 9.29 Å². The van der Waals surface area contributed by atoms with Gasteiger partial charge in [0.15, 0.2) is 0 Å². The number of anilines is 1. The minimum Gasteiger partial charge on any atom is -0.254 e. The average molecular weight is 322 g/mol. The fourth-order valence-corrected chi connectivity index (χ4v) is 2.37. The van der Waals surface area contributed by atoms with E-state index in [2.05, 4.69) is 25.6 Å². The van der Waals surface area contributed by atoms with Crippen LogP contribution in [0.2, 0.25) is 0 Å². The van der Waals surface area contributed by atoms with E-state index in [0.717, 1.165) is 10.0 Å². The first kappa shape index (κ1) is 14.4. The maximum absolute atomic E-state index is 11.9. The highest BCUT2D eigenvalue weighted by Crippen LogP contribution is 2.18. The zero-order chi connectivity index (χ0) is 13.2. The number of halogens is 1. The van der Waals surface area contributed by atoms with Crippen LogP contribution in [-0.2, 0) is 10.2 Å². The normalized spacial score (nSPS) is 12.2. The van der Waals surface area contributed by atoms with Gasteiger partial charge >= 0.3 is 10.2 Å². The molecule has 0 atom stereocenters. The van der Waals surface area contributed by atoms with Gasteiger partial charge in [0.05, 0.1) is 0 Å². The molecule has 1 N–H and O–H groups in total. The molecule has 0 bridgehead atoms. The largest absolute Gasteiger partial charge is 0.302 e. The molecule has 0 fully saturated rings. The van der Waals surface area contributed by atoms with Crippen LogP contribution >= 0.6 is 15.9 Å². The lowest BCUT2D eigenvalue weighted by Crippen LogP contribution is -2.37. The Balaban J connectivity index is 2.94. The quantitative estimate of drug-likeness (QED) is 0.924. The number of aryl methyl sites for hydroxylation is 1. The van der Waals surface area contributed by atoms with Gasteiger partial charge in [-0.25, -0.2) is 4.98 Å². The molecule has 5 nitrogen and oxygen atoms in total. The summed E-state index contributed by atoms with van der Waals surface area (Å²) in [6.45, 7) is 5.48. The Morgan fingerprint density at radius 3 is 2.53 bits per heavy atom. The number of nitrogens with zero attached hydrogens (tertiary/aromatic N) is 2. The molecule has 1 heterocycles. The molecular formula is C10H16BrN3O2S. The molecular weight excluding hydrogens is 306 g/mol. The summed E-state index contributed by atoms with van der Waals surface area (Å²) in [5, 5.41) is 0. The lowest BCUT2D eigenvalue weighted by atomic mass is 10.3. The molecule has 0 aliphatic carbocycles. The van der Waals surface area contributed by atoms with E-state index < -0.39 is 10.2 Å². The second-order valence-corrected chi connectivity index (χ2v) is 6.62. The van der Waals surface area contributed by atoms with Gasteiger partial charge in [-0.05, 0) is 48.3 Å². The predicted molar refractivity (Wildman–Crippen MR) is 72.1 cm³/mol. The van der Waals surface area contributed by atoms with Crippen LogP contribution in [0.4, 0.5) is 5.82 Å². The fourth-order valence-electron chi connectivity index (χ4n) is 1.08. The fraction of sp³-hybridized carbons (Fsp3) is 0.500. The Morgan fingerprint density at radius 2 is 2.06 bits per heavy atom. The van der Waals surface area contributed by atoms with Crippen LogP contribution in [0.5, 0.6) is 0 Å². The molecule has 0 spiro atoms. The second kappa shape index (κ2) is 5.32. The summed E-state index contributed by atoms with van der Waals surface area (Å²) in [6, 6.07) is 1.57. The summed E-state index contributed by atoms with van der Waals surface area (Å²) in [5.41, 5.74) is 0.921. The summed E-state index contributed by atoms with van der Waals surface area (Å²) >= 11 is 3.31. The number of pyridine rings is 1. The van der Waals surface area contributed by atoms with Crippen LogP contribution in [0.3, 0.4) is 0 Å². The second-order valence-electron chi connectivity index (χ2n) is 4.04.